The average molecular weight is 369 g/mol. The molecule has 0 aliphatic heterocycles. The van der Waals surface area contributed by atoms with Gasteiger partial charge in [-0.2, -0.15) is 0 Å². The molecule has 0 bridgehead atoms. The Kier molecular flexibility index (Phi) is 4.70. The monoisotopic (exact) mass is 369 g/mol. The first-order valence-electron chi connectivity index (χ1n) is 9.35. The van der Waals surface area contributed by atoms with Crippen LogP contribution < -0.4 is 10.1 Å². The van der Waals surface area contributed by atoms with Gasteiger partial charge in [0, 0.05) is 11.1 Å². The summed E-state index contributed by atoms with van der Waals surface area (Å²) in [6.45, 7) is 8.37. The van der Waals surface area contributed by atoms with Crippen LogP contribution in [0.15, 0.2) is 60.9 Å². The summed E-state index contributed by atoms with van der Waals surface area (Å²) in [6, 6.07) is 18.1. The number of para-hydroxylation sites is 1. The summed E-state index contributed by atoms with van der Waals surface area (Å²) in [5.74, 6) is 2.50. The van der Waals surface area contributed by atoms with Crippen molar-refractivity contribution < 1.29 is 4.74 Å². The number of nitrogens with zero attached hydrogens (tertiary/aromatic N) is 2. The van der Waals surface area contributed by atoms with E-state index in [-0.39, 0.29) is 0 Å². The number of hydrogen-bond donors (Lipinski definition) is 1. The molecule has 0 atom stereocenters. The van der Waals surface area contributed by atoms with Crippen molar-refractivity contribution in [2.24, 2.45) is 0 Å². The highest BCUT2D eigenvalue weighted by Crippen LogP contribution is 2.33. The number of benzene rings is 3. The summed E-state index contributed by atoms with van der Waals surface area (Å²) < 4.78 is 6.04. The Labute approximate surface area is 165 Å². The molecule has 0 unspecified atom stereocenters. The minimum absolute atomic E-state index is 0.812. The van der Waals surface area contributed by atoms with Crippen molar-refractivity contribution in [3.63, 3.8) is 0 Å². The van der Waals surface area contributed by atoms with Crippen LogP contribution in [0.5, 0.6) is 11.5 Å². The van der Waals surface area contributed by atoms with E-state index < -0.39 is 0 Å². The molecule has 28 heavy (non-hydrogen) atoms. The van der Waals surface area contributed by atoms with Crippen molar-refractivity contribution in [2.75, 3.05) is 5.32 Å². The second-order valence-corrected chi connectivity index (χ2v) is 7.08. The van der Waals surface area contributed by atoms with Crippen molar-refractivity contribution in [2.45, 2.75) is 27.7 Å². The number of anilines is 2. The number of nitrogens with one attached hydrogen (secondary N) is 1. The molecule has 0 spiro atoms. The van der Waals surface area contributed by atoms with Crippen LogP contribution in [0.4, 0.5) is 11.5 Å². The SMILES string of the molecule is Cc1cc2ncnc(Nc3ccc(Oc4ccccc4)c(C)c3C)c2cc1C. The van der Waals surface area contributed by atoms with Crippen molar-refractivity contribution in [1.82, 2.24) is 9.97 Å². The van der Waals surface area contributed by atoms with E-state index in [2.05, 4.69) is 55.1 Å². The minimum Gasteiger partial charge on any atom is -0.457 e. The fourth-order valence-electron chi connectivity index (χ4n) is 3.20. The van der Waals surface area contributed by atoms with Gasteiger partial charge in [0.2, 0.25) is 0 Å². The Morgan fingerprint density at radius 1 is 0.786 bits per heavy atom. The topological polar surface area (TPSA) is 47.0 Å². The van der Waals surface area contributed by atoms with Gasteiger partial charge in [-0.3, -0.25) is 0 Å². The maximum Gasteiger partial charge on any atom is 0.141 e. The molecule has 0 fully saturated rings. The number of fused-ring (bicyclic) bond motifs is 1. The van der Waals surface area contributed by atoms with Crippen LogP contribution in [0, 0.1) is 27.7 Å². The Bertz CT molecular complexity index is 1150. The van der Waals surface area contributed by atoms with Crippen LogP contribution in [0.2, 0.25) is 0 Å². The molecule has 4 heteroatoms. The molecule has 0 saturated carbocycles. The molecule has 1 heterocycles. The van der Waals surface area contributed by atoms with E-state index in [9.17, 15) is 0 Å². The fourth-order valence-corrected chi connectivity index (χ4v) is 3.20. The van der Waals surface area contributed by atoms with E-state index >= 15 is 0 Å². The van der Waals surface area contributed by atoms with Crippen LogP contribution in [0.1, 0.15) is 22.3 Å². The lowest BCUT2D eigenvalue weighted by Crippen LogP contribution is -2.00. The number of hydrogen-bond acceptors (Lipinski definition) is 4. The van der Waals surface area contributed by atoms with Gasteiger partial charge in [0.15, 0.2) is 0 Å². The van der Waals surface area contributed by atoms with Gasteiger partial charge in [0.05, 0.1) is 5.52 Å². The summed E-state index contributed by atoms with van der Waals surface area (Å²) in [6.07, 6.45) is 1.61. The normalized spacial score (nSPS) is 10.9. The molecule has 0 aliphatic rings. The van der Waals surface area contributed by atoms with E-state index in [1.165, 1.54) is 11.1 Å². The third-order valence-corrected chi connectivity index (χ3v) is 5.21. The zero-order chi connectivity index (χ0) is 19.7. The predicted octanol–water partition coefficient (Wildman–Crippen LogP) is 6.40. The first kappa shape index (κ1) is 18.0. The van der Waals surface area contributed by atoms with Crippen molar-refractivity contribution in [1.29, 1.82) is 0 Å². The molecule has 1 aromatic heterocycles. The molecule has 1 N–H and O–H groups in total. The molecule has 140 valence electrons. The third-order valence-electron chi connectivity index (χ3n) is 5.21. The van der Waals surface area contributed by atoms with Gasteiger partial charge in [-0.25, -0.2) is 9.97 Å². The number of rotatable bonds is 4. The Morgan fingerprint density at radius 2 is 1.54 bits per heavy atom. The fraction of sp³-hybridized carbons (Fsp3) is 0.167. The molecule has 0 amide bonds. The standard InChI is InChI=1S/C24H23N3O/c1-15-12-20-22(13-16(15)2)25-14-26-24(20)27-21-10-11-23(18(4)17(21)3)28-19-8-6-5-7-9-19/h5-14H,1-4H3,(H,25,26,27). The van der Waals surface area contributed by atoms with Gasteiger partial charge in [0.1, 0.15) is 23.6 Å². The van der Waals surface area contributed by atoms with Crippen molar-refractivity contribution in [3.8, 4) is 11.5 Å². The quantitative estimate of drug-likeness (QED) is 0.452. The van der Waals surface area contributed by atoms with Crippen LogP contribution in [-0.2, 0) is 0 Å². The predicted molar refractivity (Wildman–Crippen MR) is 115 cm³/mol. The number of aryl methyl sites for hydroxylation is 2. The first-order chi connectivity index (χ1) is 13.5. The smallest absolute Gasteiger partial charge is 0.141 e. The lowest BCUT2D eigenvalue weighted by Gasteiger charge is -2.16. The average Bonchev–Trinajstić information content (AvgIpc) is 2.70. The van der Waals surface area contributed by atoms with E-state index in [1.807, 2.05) is 42.5 Å². The highest BCUT2D eigenvalue weighted by molar-refractivity contribution is 5.92. The van der Waals surface area contributed by atoms with Crippen LogP contribution >= 0.6 is 0 Å². The molecule has 0 saturated heterocycles. The number of ether oxygens (including phenoxy) is 1. The highest BCUT2D eigenvalue weighted by atomic mass is 16.5. The molecular weight excluding hydrogens is 346 g/mol. The lowest BCUT2D eigenvalue weighted by atomic mass is 10.1. The molecule has 4 rings (SSSR count). The summed E-state index contributed by atoms with van der Waals surface area (Å²) in [7, 11) is 0. The van der Waals surface area contributed by atoms with Gasteiger partial charge in [-0.05, 0) is 86.3 Å². The second-order valence-electron chi connectivity index (χ2n) is 7.08. The van der Waals surface area contributed by atoms with Crippen molar-refractivity contribution in [3.05, 3.63) is 83.2 Å². The zero-order valence-electron chi connectivity index (χ0n) is 16.6. The Hall–Kier alpha value is -3.40. The van der Waals surface area contributed by atoms with E-state index in [0.29, 0.717) is 0 Å². The molecule has 4 aromatic rings. The van der Waals surface area contributed by atoms with E-state index in [1.54, 1.807) is 6.33 Å². The van der Waals surface area contributed by atoms with Gasteiger partial charge in [0.25, 0.3) is 0 Å². The summed E-state index contributed by atoms with van der Waals surface area (Å²) in [5.41, 5.74) is 6.63. The van der Waals surface area contributed by atoms with Crippen LogP contribution in [0.3, 0.4) is 0 Å². The first-order valence-corrected chi connectivity index (χ1v) is 9.35. The minimum atomic E-state index is 0.812. The van der Waals surface area contributed by atoms with E-state index in [4.69, 9.17) is 4.74 Å². The highest BCUT2D eigenvalue weighted by Gasteiger charge is 2.11. The van der Waals surface area contributed by atoms with E-state index in [0.717, 1.165) is 45.0 Å². The van der Waals surface area contributed by atoms with Gasteiger partial charge in [-0.15, -0.1) is 0 Å². The summed E-state index contributed by atoms with van der Waals surface area (Å²) in [4.78, 5) is 8.90. The molecule has 0 radical (unpaired) electrons. The maximum atomic E-state index is 6.04. The van der Waals surface area contributed by atoms with Gasteiger partial charge in [-0.1, -0.05) is 18.2 Å². The summed E-state index contributed by atoms with van der Waals surface area (Å²) in [5, 5.41) is 4.51. The van der Waals surface area contributed by atoms with Crippen molar-refractivity contribution >= 4 is 22.4 Å². The maximum absolute atomic E-state index is 6.04. The molecule has 0 aliphatic carbocycles. The number of aromatic nitrogens is 2. The third kappa shape index (κ3) is 3.41. The molecule has 3 aromatic carbocycles. The Morgan fingerprint density at radius 3 is 2.32 bits per heavy atom. The molecular formula is C24H23N3O. The van der Waals surface area contributed by atoms with Crippen LogP contribution in [0.25, 0.3) is 10.9 Å². The second kappa shape index (κ2) is 7.31. The summed E-state index contributed by atoms with van der Waals surface area (Å²) >= 11 is 0. The van der Waals surface area contributed by atoms with Crippen LogP contribution in [-0.4, -0.2) is 9.97 Å². The zero-order valence-corrected chi connectivity index (χ0v) is 16.6. The molecule has 4 nitrogen and oxygen atoms in total. The largest absolute Gasteiger partial charge is 0.457 e. The lowest BCUT2D eigenvalue weighted by molar-refractivity contribution is 0.478. The van der Waals surface area contributed by atoms with Gasteiger partial charge >= 0.3 is 0 Å². The Balaban J connectivity index is 1.68. The van der Waals surface area contributed by atoms with Gasteiger partial charge < -0.3 is 10.1 Å².